The topological polar surface area (TPSA) is 29.9 Å². The van der Waals surface area contributed by atoms with E-state index in [1.54, 1.807) is 0 Å². The van der Waals surface area contributed by atoms with Crippen LogP contribution in [0.2, 0.25) is 0 Å². The first-order chi connectivity index (χ1) is 6.63. The molecule has 0 saturated carbocycles. The van der Waals surface area contributed by atoms with Gasteiger partial charge in [0.15, 0.2) is 0 Å². The van der Waals surface area contributed by atoms with Gasteiger partial charge in [-0.2, -0.15) is 16.9 Å². The summed E-state index contributed by atoms with van der Waals surface area (Å²) in [7, 11) is 1.99. The molecule has 1 rings (SSSR count). The lowest BCUT2D eigenvalue weighted by molar-refractivity contribution is 0.565. The zero-order chi connectivity index (χ0) is 10.6. The van der Waals surface area contributed by atoms with E-state index >= 15 is 0 Å². The van der Waals surface area contributed by atoms with Crippen molar-refractivity contribution in [3.63, 3.8) is 0 Å². The van der Waals surface area contributed by atoms with E-state index in [-0.39, 0.29) is 0 Å². The molecular formula is C10H19N3S. The van der Waals surface area contributed by atoms with Crippen LogP contribution in [0.3, 0.4) is 0 Å². The van der Waals surface area contributed by atoms with Crippen LogP contribution in [0.4, 0.5) is 0 Å². The average Bonchev–Trinajstić information content (AvgIpc) is 2.42. The predicted octanol–water partition coefficient (Wildman–Crippen LogP) is 1.57. The van der Waals surface area contributed by atoms with Crippen LogP contribution in [0.5, 0.6) is 0 Å². The molecule has 0 bridgehead atoms. The van der Waals surface area contributed by atoms with Crippen LogP contribution in [-0.4, -0.2) is 27.8 Å². The molecule has 1 aromatic rings. The Balaban J connectivity index is 2.41. The third-order valence-electron chi connectivity index (χ3n) is 2.15. The van der Waals surface area contributed by atoms with E-state index in [4.69, 9.17) is 0 Å². The molecule has 0 spiro atoms. The Morgan fingerprint density at radius 1 is 1.64 bits per heavy atom. The summed E-state index contributed by atoms with van der Waals surface area (Å²) in [6, 6.07) is 2.68. The number of aryl methyl sites for hydroxylation is 2. The molecule has 0 radical (unpaired) electrons. The molecule has 1 atom stereocenters. The molecule has 0 aliphatic heterocycles. The second kappa shape index (κ2) is 5.41. The molecule has 4 heteroatoms. The maximum Gasteiger partial charge on any atom is 0.0597 e. The summed E-state index contributed by atoms with van der Waals surface area (Å²) < 4.78 is 1.94. The highest BCUT2D eigenvalue weighted by Crippen LogP contribution is 2.02. The number of nitrogens with one attached hydrogen (secondary N) is 1. The molecule has 0 saturated heterocycles. The third kappa shape index (κ3) is 3.35. The molecule has 3 nitrogen and oxygen atoms in total. The number of thioether (sulfide) groups is 1. The van der Waals surface area contributed by atoms with Crippen LogP contribution in [0, 0.1) is 6.92 Å². The van der Waals surface area contributed by atoms with E-state index in [1.165, 1.54) is 5.69 Å². The fraction of sp³-hybridized carbons (Fsp3) is 0.700. The van der Waals surface area contributed by atoms with Gasteiger partial charge in [-0.15, -0.1) is 0 Å². The SMILES string of the molecule is CSCC(C)NCc1cc(C)nn1C. The maximum atomic E-state index is 4.31. The number of aromatic nitrogens is 2. The summed E-state index contributed by atoms with van der Waals surface area (Å²) in [5, 5.41) is 7.78. The van der Waals surface area contributed by atoms with Crippen molar-refractivity contribution < 1.29 is 0 Å². The van der Waals surface area contributed by atoms with Crippen LogP contribution in [-0.2, 0) is 13.6 Å². The first-order valence-electron chi connectivity index (χ1n) is 4.85. The number of hydrogen-bond donors (Lipinski definition) is 1. The van der Waals surface area contributed by atoms with Gasteiger partial charge in [0, 0.05) is 25.4 Å². The van der Waals surface area contributed by atoms with E-state index in [2.05, 4.69) is 29.7 Å². The van der Waals surface area contributed by atoms with Gasteiger partial charge < -0.3 is 5.32 Å². The molecule has 80 valence electrons. The Morgan fingerprint density at radius 2 is 2.36 bits per heavy atom. The van der Waals surface area contributed by atoms with Gasteiger partial charge in [-0.05, 0) is 26.2 Å². The third-order valence-corrected chi connectivity index (χ3v) is 2.98. The monoisotopic (exact) mass is 213 g/mol. The van der Waals surface area contributed by atoms with Crippen molar-refractivity contribution in [3.8, 4) is 0 Å². The Hall–Kier alpha value is -0.480. The standard InChI is InChI=1S/C10H19N3S/c1-8-5-10(13(3)12-8)6-11-9(2)7-14-4/h5,9,11H,6-7H2,1-4H3. The highest BCUT2D eigenvalue weighted by atomic mass is 32.2. The number of nitrogens with zero attached hydrogens (tertiary/aromatic N) is 2. The zero-order valence-electron chi connectivity index (χ0n) is 9.37. The Morgan fingerprint density at radius 3 is 2.86 bits per heavy atom. The van der Waals surface area contributed by atoms with E-state index in [0.717, 1.165) is 18.0 Å². The van der Waals surface area contributed by atoms with Crippen LogP contribution >= 0.6 is 11.8 Å². The van der Waals surface area contributed by atoms with Crippen molar-refractivity contribution in [2.75, 3.05) is 12.0 Å². The first-order valence-corrected chi connectivity index (χ1v) is 6.24. The summed E-state index contributed by atoms with van der Waals surface area (Å²) in [4.78, 5) is 0. The Labute approximate surface area is 90.3 Å². The van der Waals surface area contributed by atoms with Gasteiger partial charge in [-0.1, -0.05) is 0 Å². The zero-order valence-corrected chi connectivity index (χ0v) is 10.2. The van der Waals surface area contributed by atoms with Crippen LogP contribution in [0.1, 0.15) is 18.3 Å². The van der Waals surface area contributed by atoms with E-state index in [9.17, 15) is 0 Å². The summed E-state index contributed by atoms with van der Waals surface area (Å²) in [5.74, 6) is 1.15. The fourth-order valence-electron chi connectivity index (χ4n) is 1.42. The van der Waals surface area contributed by atoms with Crippen molar-refractivity contribution in [1.82, 2.24) is 15.1 Å². The molecule has 0 amide bonds. The van der Waals surface area contributed by atoms with Gasteiger partial charge in [0.1, 0.15) is 0 Å². The van der Waals surface area contributed by atoms with Crippen LogP contribution in [0.15, 0.2) is 6.07 Å². The van der Waals surface area contributed by atoms with Gasteiger partial charge in [0.05, 0.1) is 11.4 Å². The van der Waals surface area contributed by atoms with Crippen LogP contribution in [0.25, 0.3) is 0 Å². The van der Waals surface area contributed by atoms with E-state index in [1.807, 2.05) is 30.4 Å². The summed E-state index contributed by atoms with van der Waals surface area (Å²) in [6.07, 6.45) is 2.13. The van der Waals surface area contributed by atoms with Crippen molar-refractivity contribution in [2.45, 2.75) is 26.4 Å². The maximum absolute atomic E-state index is 4.31. The summed E-state index contributed by atoms with van der Waals surface area (Å²) in [6.45, 7) is 5.13. The second-order valence-corrected chi connectivity index (χ2v) is 4.55. The first kappa shape index (κ1) is 11.6. The number of hydrogen-bond acceptors (Lipinski definition) is 3. The molecule has 1 N–H and O–H groups in total. The van der Waals surface area contributed by atoms with Gasteiger partial charge >= 0.3 is 0 Å². The Bertz CT molecular complexity index is 283. The Kier molecular flexibility index (Phi) is 4.48. The lowest BCUT2D eigenvalue weighted by atomic mass is 10.3. The van der Waals surface area contributed by atoms with Gasteiger partial charge in [0.2, 0.25) is 0 Å². The molecule has 0 fully saturated rings. The molecule has 0 aliphatic rings. The minimum Gasteiger partial charge on any atom is -0.308 e. The second-order valence-electron chi connectivity index (χ2n) is 3.64. The normalized spacial score (nSPS) is 13.1. The smallest absolute Gasteiger partial charge is 0.0597 e. The van der Waals surface area contributed by atoms with Crippen molar-refractivity contribution in [3.05, 3.63) is 17.5 Å². The van der Waals surface area contributed by atoms with Crippen molar-refractivity contribution in [2.24, 2.45) is 7.05 Å². The number of rotatable bonds is 5. The molecule has 0 aromatic carbocycles. The molecular weight excluding hydrogens is 194 g/mol. The lowest BCUT2D eigenvalue weighted by Gasteiger charge is -2.11. The van der Waals surface area contributed by atoms with E-state index < -0.39 is 0 Å². The summed E-state index contributed by atoms with van der Waals surface area (Å²) in [5.41, 5.74) is 2.33. The molecule has 1 aromatic heterocycles. The lowest BCUT2D eigenvalue weighted by Crippen LogP contribution is -2.28. The predicted molar refractivity (Wildman–Crippen MR) is 62.6 cm³/mol. The van der Waals surface area contributed by atoms with E-state index in [0.29, 0.717) is 6.04 Å². The molecule has 1 unspecified atom stereocenters. The minimum atomic E-state index is 0.556. The molecule has 0 aliphatic carbocycles. The highest BCUT2D eigenvalue weighted by molar-refractivity contribution is 7.98. The van der Waals surface area contributed by atoms with Gasteiger partial charge in [0.25, 0.3) is 0 Å². The summed E-state index contributed by atoms with van der Waals surface area (Å²) >= 11 is 1.87. The molecule has 1 heterocycles. The minimum absolute atomic E-state index is 0.556. The van der Waals surface area contributed by atoms with Gasteiger partial charge in [-0.25, -0.2) is 0 Å². The fourth-order valence-corrected chi connectivity index (χ4v) is 2.04. The quantitative estimate of drug-likeness (QED) is 0.805. The molecule has 14 heavy (non-hydrogen) atoms. The van der Waals surface area contributed by atoms with Crippen molar-refractivity contribution >= 4 is 11.8 Å². The van der Waals surface area contributed by atoms with Gasteiger partial charge in [-0.3, -0.25) is 4.68 Å². The largest absolute Gasteiger partial charge is 0.308 e. The van der Waals surface area contributed by atoms with Crippen LogP contribution < -0.4 is 5.32 Å². The van der Waals surface area contributed by atoms with Crippen molar-refractivity contribution in [1.29, 1.82) is 0 Å². The average molecular weight is 213 g/mol. The highest BCUT2D eigenvalue weighted by Gasteiger charge is 2.04.